The summed E-state index contributed by atoms with van der Waals surface area (Å²) in [4.78, 5) is 55.3. The van der Waals surface area contributed by atoms with Crippen LogP contribution in [0.1, 0.15) is 67.3 Å². The van der Waals surface area contributed by atoms with Gasteiger partial charge in [-0.2, -0.15) is 5.10 Å². The number of methoxy groups -OCH3 is 1. The van der Waals surface area contributed by atoms with Crippen molar-refractivity contribution in [1.82, 2.24) is 19.6 Å². The van der Waals surface area contributed by atoms with Gasteiger partial charge in [0.1, 0.15) is 5.60 Å². The van der Waals surface area contributed by atoms with E-state index >= 15 is 0 Å². The summed E-state index contributed by atoms with van der Waals surface area (Å²) in [5.41, 5.74) is 0.475. The van der Waals surface area contributed by atoms with Gasteiger partial charge in [-0.25, -0.2) is 4.79 Å². The molecule has 2 atom stereocenters. The highest BCUT2D eigenvalue weighted by molar-refractivity contribution is 5.95. The smallest absolute Gasteiger partial charge is 0.338 e. The molecular formula is C30H38N4O6. The van der Waals surface area contributed by atoms with Crippen molar-refractivity contribution >= 4 is 23.8 Å². The molecule has 2 saturated heterocycles. The van der Waals surface area contributed by atoms with Gasteiger partial charge in [-0.1, -0.05) is 32.0 Å². The average molecular weight is 551 g/mol. The first-order chi connectivity index (χ1) is 18.7. The van der Waals surface area contributed by atoms with Crippen LogP contribution in [0, 0.1) is 22.7 Å². The Hall–Kier alpha value is -3.69. The lowest BCUT2D eigenvalue weighted by atomic mass is 9.71. The van der Waals surface area contributed by atoms with Gasteiger partial charge < -0.3 is 19.3 Å². The number of hydrogen-bond donors (Lipinski definition) is 0. The molecule has 2 amide bonds. The fourth-order valence-electron chi connectivity index (χ4n) is 6.00. The van der Waals surface area contributed by atoms with Gasteiger partial charge in [0.2, 0.25) is 5.91 Å². The van der Waals surface area contributed by atoms with E-state index in [4.69, 9.17) is 9.47 Å². The van der Waals surface area contributed by atoms with Gasteiger partial charge in [-0.15, -0.1) is 0 Å². The predicted octanol–water partition coefficient (Wildman–Crippen LogP) is 3.01. The summed E-state index contributed by atoms with van der Waals surface area (Å²) in [6.45, 7) is 11.4. The number of amides is 2. The highest BCUT2D eigenvalue weighted by Crippen LogP contribution is 2.54. The Labute approximate surface area is 234 Å². The van der Waals surface area contributed by atoms with Crippen LogP contribution >= 0.6 is 0 Å². The van der Waals surface area contributed by atoms with Gasteiger partial charge in [0.25, 0.3) is 5.91 Å². The second kappa shape index (κ2) is 9.74. The monoisotopic (exact) mass is 550 g/mol. The van der Waals surface area contributed by atoms with Crippen molar-refractivity contribution in [1.29, 1.82) is 0 Å². The molecule has 214 valence electrons. The van der Waals surface area contributed by atoms with Gasteiger partial charge in [0.05, 0.1) is 36.9 Å². The third-order valence-electron chi connectivity index (χ3n) is 8.40. The lowest BCUT2D eigenvalue weighted by Gasteiger charge is -2.50. The zero-order valence-electron chi connectivity index (χ0n) is 24.1. The minimum absolute atomic E-state index is 0.0341. The lowest BCUT2D eigenvalue weighted by Crippen LogP contribution is -2.63. The van der Waals surface area contributed by atoms with E-state index in [1.54, 1.807) is 27.9 Å². The number of benzene rings is 1. The van der Waals surface area contributed by atoms with Crippen molar-refractivity contribution in [2.45, 2.75) is 53.2 Å². The summed E-state index contributed by atoms with van der Waals surface area (Å²) < 4.78 is 12.2. The normalized spacial score (nSPS) is 22.6. The molecule has 1 aliphatic carbocycles. The first-order valence-electron chi connectivity index (χ1n) is 13.7. The van der Waals surface area contributed by atoms with E-state index in [9.17, 15) is 19.2 Å². The number of carbonyl (C=O) groups excluding carboxylic acids is 4. The zero-order chi connectivity index (χ0) is 29.0. The van der Waals surface area contributed by atoms with Crippen LogP contribution in [0.25, 0.3) is 0 Å². The maximum atomic E-state index is 13.5. The van der Waals surface area contributed by atoms with Gasteiger partial charge >= 0.3 is 11.9 Å². The number of esters is 2. The molecule has 0 radical (unpaired) electrons. The summed E-state index contributed by atoms with van der Waals surface area (Å²) in [6.07, 6.45) is 4.03. The molecule has 1 aromatic heterocycles. The highest BCUT2D eigenvalue weighted by atomic mass is 16.6. The fourth-order valence-corrected chi connectivity index (χ4v) is 6.00. The molecule has 2 aliphatic heterocycles. The Morgan fingerprint density at radius 3 is 2.30 bits per heavy atom. The quantitative estimate of drug-likeness (QED) is 0.509. The SMILES string of the molecule is COC(=O)[C@@H]1CN(C(=O)c2cnn(Cc3ccccc3C(=O)OC(C)(C)C)c2)CC12CN(C(=O)[C@H]1CC1(C)C)C2. The number of nitrogens with zero attached hydrogens (tertiary/aromatic N) is 4. The molecule has 40 heavy (non-hydrogen) atoms. The van der Waals surface area contributed by atoms with Crippen molar-refractivity contribution in [3.63, 3.8) is 0 Å². The molecule has 0 unspecified atom stereocenters. The number of rotatable bonds is 6. The standard InChI is InChI=1S/C30H38N4O6/c1-28(2,3)40-26(37)21-10-8-7-9-19(21)13-34-14-20(12-31-34)24(35)32-15-23(27(38)39-6)30(16-32)17-33(18-30)25(36)22-11-29(22,4)5/h7-10,12,14,22-23H,11,13,15-18H2,1-6H3/t22-,23+/m1/s1. The summed E-state index contributed by atoms with van der Waals surface area (Å²) in [6, 6.07) is 7.17. The molecule has 1 spiro atoms. The van der Waals surface area contributed by atoms with Crippen molar-refractivity contribution < 1.29 is 28.7 Å². The van der Waals surface area contributed by atoms with E-state index in [1.807, 2.05) is 37.8 Å². The summed E-state index contributed by atoms with van der Waals surface area (Å²) in [7, 11) is 1.36. The second-order valence-corrected chi connectivity index (χ2v) is 13.1. The van der Waals surface area contributed by atoms with E-state index in [0.717, 1.165) is 12.0 Å². The van der Waals surface area contributed by atoms with E-state index in [-0.39, 0.29) is 42.2 Å². The molecule has 10 heteroatoms. The van der Waals surface area contributed by atoms with Crippen molar-refractivity contribution in [2.75, 3.05) is 33.3 Å². The van der Waals surface area contributed by atoms with Crippen LogP contribution in [0.15, 0.2) is 36.7 Å². The Kier molecular flexibility index (Phi) is 6.79. The Bertz CT molecular complexity index is 1350. The fraction of sp³-hybridized carbons (Fsp3) is 0.567. The van der Waals surface area contributed by atoms with Gasteiger partial charge in [0.15, 0.2) is 0 Å². The molecule has 0 bridgehead atoms. The second-order valence-electron chi connectivity index (χ2n) is 13.1. The molecule has 3 heterocycles. The van der Waals surface area contributed by atoms with Gasteiger partial charge in [-0.05, 0) is 44.2 Å². The third-order valence-corrected chi connectivity index (χ3v) is 8.40. The van der Waals surface area contributed by atoms with Crippen LogP contribution in [0.5, 0.6) is 0 Å². The van der Waals surface area contributed by atoms with E-state index in [2.05, 4.69) is 18.9 Å². The number of likely N-dealkylation sites (tertiary alicyclic amines) is 2. The first-order valence-corrected chi connectivity index (χ1v) is 13.7. The number of hydrogen-bond acceptors (Lipinski definition) is 7. The first kappa shape index (κ1) is 27.9. The van der Waals surface area contributed by atoms with Crippen LogP contribution in [-0.2, 0) is 25.6 Å². The van der Waals surface area contributed by atoms with E-state index in [1.165, 1.54) is 13.3 Å². The topological polar surface area (TPSA) is 111 Å². The average Bonchev–Trinajstić information content (AvgIpc) is 3.20. The number of carbonyl (C=O) groups is 4. The van der Waals surface area contributed by atoms with Crippen molar-refractivity contribution in [3.8, 4) is 0 Å². The van der Waals surface area contributed by atoms with E-state index < -0.39 is 22.9 Å². The molecule has 0 N–H and O–H groups in total. The molecule has 10 nitrogen and oxygen atoms in total. The lowest BCUT2D eigenvalue weighted by molar-refractivity contribution is -0.160. The Balaban J connectivity index is 1.27. The molecule has 2 aromatic rings. The summed E-state index contributed by atoms with van der Waals surface area (Å²) in [5, 5.41) is 4.37. The van der Waals surface area contributed by atoms with Gasteiger partial charge in [-0.3, -0.25) is 19.1 Å². The molecule has 3 aliphatic rings. The van der Waals surface area contributed by atoms with Crippen LogP contribution in [0.2, 0.25) is 0 Å². The van der Waals surface area contributed by atoms with Crippen LogP contribution in [0.3, 0.4) is 0 Å². The van der Waals surface area contributed by atoms with Crippen molar-refractivity contribution in [3.05, 3.63) is 53.3 Å². The molecule has 5 rings (SSSR count). The van der Waals surface area contributed by atoms with Crippen LogP contribution in [0.4, 0.5) is 0 Å². The third kappa shape index (κ3) is 5.23. The summed E-state index contributed by atoms with van der Waals surface area (Å²) in [5.74, 6) is -1.33. The minimum atomic E-state index is -0.621. The Morgan fingerprint density at radius 2 is 1.68 bits per heavy atom. The minimum Gasteiger partial charge on any atom is -0.469 e. The van der Waals surface area contributed by atoms with Crippen molar-refractivity contribution in [2.24, 2.45) is 22.7 Å². The molecule has 1 aromatic carbocycles. The number of ether oxygens (including phenoxy) is 2. The molecule has 1 saturated carbocycles. The molecular weight excluding hydrogens is 512 g/mol. The maximum absolute atomic E-state index is 13.5. The number of aromatic nitrogens is 2. The largest absolute Gasteiger partial charge is 0.469 e. The zero-order valence-corrected chi connectivity index (χ0v) is 24.1. The predicted molar refractivity (Wildman–Crippen MR) is 145 cm³/mol. The van der Waals surface area contributed by atoms with Crippen LogP contribution < -0.4 is 0 Å². The van der Waals surface area contributed by atoms with Crippen LogP contribution in [-0.4, -0.2) is 82.2 Å². The molecule has 3 fully saturated rings. The van der Waals surface area contributed by atoms with E-state index in [0.29, 0.717) is 30.8 Å². The maximum Gasteiger partial charge on any atom is 0.338 e. The highest BCUT2D eigenvalue weighted by Gasteiger charge is 2.62. The summed E-state index contributed by atoms with van der Waals surface area (Å²) >= 11 is 0. The van der Waals surface area contributed by atoms with Gasteiger partial charge in [0, 0.05) is 43.7 Å². The Morgan fingerprint density at radius 1 is 1.02 bits per heavy atom.